The van der Waals surface area contributed by atoms with Gasteiger partial charge in [-0.25, -0.2) is 9.59 Å². The predicted octanol–water partition coefficient (Wildman–Crippen LogP) is 2.91. The molecule has 0 radical (unpaired) electrons. The van der Waals surface area contributed by atoms with Gasteiger partial charge >= 0.3 is 12.0 Å². The number of hydrogen-bond acceptors (Lipinski definition) is 4. The van der Waals surface area contributed by atoms with Crippen molar-refractivity contribution in [2.45, 2.75) is 38.6 Å². The molecule has 5 nitrogen and oxygen atoms in total. The third kappa shape index (κ3) is 4.28. The van der Waals surface area contributed by atoms with Crippen molar-refractivity contribution in [2.24, 2.45) is 0 Å². The molecule has 1 atom stereocenters. The van der Waals surface area contributed by atoms with Crippen LogP contribution in [0.2, 0.25) is 0 Å². The smallest absolute Gasteiger partial charge is 0.337 e. The van der Waals surface area contributed by atoms with Crippen molar-refractivity contribution >= 4 is 23.8 Å². The highest BCUT2D eigenvalue weighted by Crippen LogP contribution is 2.27. The number of ether oxygens (including phenoxy) is 1. The number of hydrogen-bond donors (Lipinski definition) is 2. The second-order valence-corrected chi connectivity index (χ2v) is 6.51. The van der Waals surface area contributed by atoms with E-state index in [1.54, 1.807) is 25.6 Å². The number of thioether (sulfide) groups is 1. The Balaban J connectivity index is 2.23. The Hall–Kier alpha value is -1.95. The third-order valence-electron chi connectivity index (χ3n) is 3.57. The first-order chi connectivity index (χ1) is 10.9. The lowest BCUT2D eigenvalue weighted by Crippen LogP contribution is -2.49. The molecule has 1 aromatic carbocycles. The maximum Gasteiger partial charge on any atom is 0.337 e. The number of carbonyl (C=O) groups is 2. The molecule has 0 saturated heterocycles. The van der Waals surface area contributed by atoms with E-state index in [4.69, 9.17) is 4.74 Å². The largest absolute Gasteiger partial charge is 0.463 e. The van der Waals surface area contributed by atoms with E-state index >= 15 is 0 Å². The van der Waals surface area contributed by atoms with Gasteiger partial charge in [0.25, 0.3) is 0 Å². The SMILES string of the molecule is CCOC(=O)C1=C(CSc2ccc(C)cc2C)NC(=O)N[C@@H]1C. The highest BCUT2D eigenvalue weighted by Gasteiger charge is 2.29. The second kappa shape index (κ2) is 7.55. The first kappa shape index (κ1) is 17.4. The van der Waals surface area contributed by atoms with Gasteiger partial charge in [0.05, 0.1) is 18.2 Å². The molecule has 0 unspecified atom stereocenters. The molecule has 1 aliphatic rings. The zero-order valence-electron chi connectivity index (χ0n) is 13.9. The van der Waals surface area contributed by atoms with E-state index < -0.39 is 0 Å². The van der Waals surface area contributed by atoms with Crippen molar-refractivity contribution in [3.05, 3.63) is 40.6 Å². The molecule has 0 saturated carbocycles. The number of rotatable bonds is 5. The van der Waals surface area contributed by atoms with Crippen molar-refractivity contribution in [3.63, 3.8) is 0 Å². The molecule has 23 heavy (non-hydrogen) atoms. The van der Waals surface area contributed by atoms with Gasteiger partial charge in [0.2, 0.25) is 0 Å². The number of amides is 2. The van der Waals surface area contributed by atoms with Crippen LogP contribution >= 0.6 is 11.8 Å². The summed E-state index contributed by atoms with van der Waals surface area (Å²) in [5.41, 5.74) is 3.50. The fourth-order valence-corrected chi connectivity index (χ4v) is 3.48. The van der Waals surface area contributed by atoms with Gasteiger partial charge in [-0.3, -0.25) is 0 Å². The van der Waals surface area contributed by atoms with Gasteiger partial charge in [0.1, 0.15) is 0 Å². The zero-order chi connectivity index (χ0) is 17.0. The fourth-order valence-electron chi connectivity index (χ4n) is 2.50. The highest BCUT2D eigenvalue weighted by atomic mass is 32.2. The summed E-state index contributed by atoms with van der Waals surface area (Å²) >= 11 is 1.60. The summed E-state index contributed by atoms with van der Waals surface area (Å²) < 4.78 is 5.11. The lowest BCUT2D eigenvalue weighted by molar-refractivity contribution is -0.138. The number of aryl methyl sites for hydroxylation is 2. The van der Waals surface area contributed by atoms with Crippen LogP contribution < -0.4 is 10.6 Å². The minimum absolute atomic E-state index is 0.290. The van der Waals surface area contributed by atoms with E-state index in [0.717, 1.165) is 4.90 Å². The zero-order valence-corrected chi connectivity index (χ0v) is 14.7. The Morgan fingerprint density at radius 3 is 2.74 bits per heavy atom. The molecule has 1 heterocycles. The molecule has 2 rings (SSSR count). The van der Waals surface area contributed by atoms with Crippen LogP contribution in [-0.4, -0.2) is 30.4 Å². The first-order valence-electron chi connectivity index (χ1n) is 7.60. The topological polar surface area (TPSA) is 67.4 Å². The van der Waals surface area contributed by atoms with Gasteiger partial charge in [-0.05, 0) is 39.3 Å². The molecule has 0 aliphatic carbocycles. The van der Waals surface area contributed by atoms with E-state index in [-0.39, 0.29) is 18.0 Å². The summed E-state index contributed by atoms with van der Waals surface area (Å²) in [6.07, 6.45) is 0. The summed E-state index contributed by atoms with van der Waals surface area (Å²) in [5, 5.41) is 5.44. The van der Waals surface area contributed by atoms with Gasteiger partial charge in [0, 0.05) is 16.3 Å². The first-order valence-corrected chi connectivity index (χ1v) is 8.58. The van der Waals surface area contributed by atoms with E-state index in [1.807, 2.05) is 0 Å². The van der Waals surface area contributed by atoms with Gasteiger partial charge in [-0.1, -0.05) is 17.7 Å². The number of benzene rings is 1. The van der Waals surface area contributed by atoms with Crippen LogP contribution in [0.25, 0.3) is 0 Å². The highest BCUT2D eigenvalue weighted by molar-refractivity contribution is 7.99. The molecule has 2 N–H and O–H groups in total. The molecule has 6 heteroatoms. The monoisotopic (exact) mass is 334 g/mol. The van der Waals surface area contributed by atoms with Crippen LogP contribution in [0.4, 0.5) is 4.79 Å². The molecule has 0 aromatic heterocycles. The van der Waals surface area contributed by atoms with Gasteiger partial charge in [-0.15, -0.1) is 11.8 Å². The Morgan fingerprint density at radius 2 is 2.09 bits per heavy atom. The molecule has 1 aliphatic heterocycles. The fraction of sp³-hybridized carbons (Fsp3) is 0.412. The van der Waals surface area contributed by atoms with Gasteiger partial charge in [0.15, 0.2) is 0 Å². The summed E-state index contributed by atoms with van der Waals surface area (Å²) in [7, 11) is 0. The van der Waals surface area contributed by atoms with Crippen molar-refractivity contribution in [3.8, 4) is 0 Å². The number of urea groups is 1. The van der Waals surface area contributed by atoms with Gasteiger partial charge in [-0.2, -0.15) is 0 Å². The molecule has 1 aromatic rings. The number of esters is 1. The molecular weight excluding hydrogens is 312 g/mol. The Bertz CT molecular complexity index is 655. The maximum absolute atomic E-state index is 12.2. The second-order valence-electron chi connectivity index (χ2n) is 5.49. The van der Waals surface area contributed by atoms with Crippen LogP contribution in [0.3, 0.4) is 0 Å². The Labute approximate surface area is 140 Å². The summed E-state index contributed by atoms with van der Waals surface area (Å²) in [5.74, 6) is 0.124. The van der Waals surface area contributed by atoms with Crippen LogP contribution in [0.5, 0.6) is 0 Å². The van der Waals surface area contributed by atoms with Crippen LogP contribution in [0.1, 0.15) is 25.0 Å². The predicted molar refractivity (Wildman–Crippen MR) is 91.4 cm³/mol. The van der Waals surface area contributed by atoms with Crippen molar-refractivity contribution < 1.29 is 14.3 Å². The number of carbonyl (C=O) groups excluding carboxylic acids is 2. The average Bonchev–Trinajstić information content (AvgIpc) is 2.45. The standard InChI is InChI=1S/C17H22N2O3S/c1-5-22-16(20)15-12(4)18-17(21)19-13(15)9-23-14-7-6-10(2)8-11(14)3/h6-8,12H,5,9H2,1-4H3,(H2,18,19,21)/t12-/m1/s1. The minimum Gasteiger partial charge on any atom is -0.463 e. The summed E-state index contributed by atoms with van der Waals surface area (Å²) in [4.78, 5) is 25.0. The van der Waals surface area contributed by atoms with E-state index in [2.05, 4.69) is 42.7 Å². The van der Waals surface area contributed by atoms with E-state index in [1.165, 1.54) is 11.1 Å². The molecule has 124 valence electrons. The summed E-state index contributed by atoms with van der Waals surface area (Å²) in [6, 6.07) is 5.58. The molecule has 2 amide bonds. The normalized spacial score (nSPS) is 17.6. The van der Waals surface area contributed by atoms with Crippen LogP contribution in [-0.2, 0) is 9.53 Å². The maximum atomic E-state index is 12.2. The van der Waals surface area contributed by atoms with Crippen molar-refractivity contribution in [1.29, 1.82) is 0 Å². The Kier molecular flexibility index (Phi) is 5.71. The van der Waals surface area contributed by atoms with Crippen LogP contribution in [0, 0.1) is 13.8 Å². The average molecular weight is 334 g/mol. The minimum atomic E-state index is -0.385. The van der Waals surface area contributed by atoms with E-state index in [0.29, 0.717) is 23.6 Å². The quantitative estimate of drug-likeness (QED) is 0.642. The van der Waals surface area contributed by atoms with Crippen molar-refractivity contribution in [1.82, 2.24) is 10.6 Å². The lowest BCUT2D eigenvalue weighted by atomic mass is 10.1. The van der Waals surface area contributed by atoms with Crippen LogP contribution in [0.15, 0.2) is 34.4 Å². The summed E-state index contributed by atoms with van der Waals surface area (Å²) in [6.45, 7) is 7.96. The Morgan fingerprint density at radius 1 is 1.35 bits per heavy atom. The third-order valence-corrected chi connectivity index (χ3v) is 4.77. The van der Waals surface area contributed by atoms with E-state index in [9.17, 15) is 9.59 Å². The molecule has 0 bridgehead atoms. The van der Waals surface area contributed by atoms with Crippen molar-refractivity contribution in [2.75, 3.05) is 12.4 Å². The molecule has 0 fully saturated rings. The van der Waals surface area contributed by atoms with Gasteiger partial charge < -0.3 is 15.4 Å². The lowest BCUT2D eigenvalue weighted by Gasteiger charge is -2.26. The molecular formula is C17H22N2O3S. The molecule has 0 spiro atoms. The number of nitrogens with one attached hydrogen (secondary N) is 2.